The molecule has 0 unspecified atom stereocenters. The van der Waals surface area contributed by atoms with Crippen LogP contribution in [0.5, 0.6) is 0 Å². The molecule has 0 saturated carbocycles. The summed E-state index contributed by atoms with van der Waals surface area (Å²) in [6, 6.07) is 11.6. The molecule has 0 bridgehead atoms. The first-order valence-electron chi connectivity index (χ1n) is 7.14. The molecule has 128 valence electrons. The number of hydrogen-bond acceptors (Lipinski definition) is 3. The van der Waals surface area contributed by atoms with E-state index >= 15 is 0 Å². The zero-order valence-corrected chi connectivity index (χ0v) is 15.3. The van der Waals surface area contributed by atoms with Crippen molar-refractivity contribution >= 4 is 37.5 Å². The van der Waals surface area contributed by atoms with Gasteiger partial charge in [-0.15, -0.1) is 0 Å². The van der Waals surface area contributed by atoms with E-state index in [1.54, 1.807) is 19.1 Å². The first kappa shape index (κ1) is 18.6. The summed E-state index contributed by atoms with van der Waals surface area (Å²) in [6.45, 7) is 1.42. The number of halogens is 2. The Balaban J connectivity index is 2.13. The van der Waals surface area contributed by atoms with Crippen LogP contribution in [0.15, 0.2) is 57.9 Å². The maximum absolute atomic E-state index is 13.1. The Kier molecular flexibility index (Phi) is 6.09. The van der Waals surface area contributed by atoms with Crippen LogP contribution in [0.2, 0.25) is 0 Å². The third kappa shape index (κ3) is 4.62. The van der Waals surface area contributed by atoms with Crippen molar-refractivity contribution in [3.05, 3.63) is 58.8 Å². The molecule has 0 atom stereocenters. The molecule has 0 aliphatic carbocycles. The number of amides is 1. The first-order valence-corrected chi connectivity index (χ1v) is 9.37. The number of rotatable bonds is 6. The third-order valence-corrected chi connectivity index (χ3v) is 5.70. The highest BCUT2D eigenvalue weighted by atomic mass is 79.9. The van der Waals surface area contributed by atoms with Gasteiger partial charge in [-0.05, 0) is 42.5 Å². The first-order chi connectivity index (χ1) is 11.3. The van der Waals surface area contributed by atoms with Gasteiger partial charge in [-0.3, -0.25) is 4.79 Å². The van der Waals surface area contributed by atoms with Gasteiger partial charge < -0.3 is 5.32 Å². The Bertz CT molecular complexity index is 825. The van der Waals surface area contributed by atoms with Crippen molar-refractivity contribution in [1.29, 1.82) is 0 Å². The smallest absolute Gasteiger partial charge is 0.243 e. The standard InChI is InChI=1S/C16H16BrFN2O3S/c1-2-20(24(22,23)15-8-6-12(17)7-9-15)11-16(21)19-14-5-3-4-13(18)10-14/h3-10H,2,11H2,1H3,(H,19,21). The molecule has 8 heteroatoms. The maximum Gasteiger partial charge on any atom is 0.243 e. The van der Waals surface area contributed by atoms with E-state index < -0.39 is 21.7 Å². The number of hydrogen-bond donors (Lipinski definition) is 1. The van der Waals surface area contributed by atoms with Crippen molar-refractivity contribution in [1.82, 2.24) is 4.31 Å². The summed E-state index contributed by atoms with van der Waals surface area (Å²) < 4.78 is 40.1. The van der Waals surface area contributed by atoms with Gasteiger partial charge in [0.15, 0.2) is 0 Å². The Morgan fingerprint density at radius 2 is 1.88 bits per heavy atom. The molecule has 0 saturated heterocycles. The van der Waals surface area contributed by atoms with Crippen LogP contribution in [0.3, 0.4) is 0 Å². The second kappa shape index (κ2) is 7.87. The summed E-state index contributed by atoms with van der Waals surface area (Å²) in [5.41, 5.74) is 0.275. The van der Waals surface area contributed by atoms with Gasteiger partial charge in [0.2, 0.25) is 15.9 Å². The summed E-state index contributed by atoms with van der Waals surface area (Å²) in [7, 11) is -3.79. The highest BCUT2D eigenvalue weighted by Crippen LogP contribution is 2.19. The van der Waals surface area contributed by atoms with Crippen molar-refractivity contribution in [3.8, 4) is 0 Å². The van der Waals surface area contributed by atoms with Crippen LogP contribution in [-0.4, -0.2) is 31.7 Å². The largest absolute Gasteiger partial charge is 0.325 e. The van der Waals surface area contributed by atoms with Gasteiger partial charge in [0.25, 0.3) is 0 Å². The third-order valence-electron chi connectivity index (χ3n) is 3.23. The lowest BCUT2D eigenvalue weighted by molar-refractivity contribution is -0.116. The molecule has 1 amide bonds. The Morgan fingerprint density at radius 1 is 1.21 bits per heavy atom. The Labute approximate surface area is 148 Å². The number of nitrogens with one attached hydrogen (secondary N) is 1. The fraction of sp³-hybridized carbons (Fsp3) is 0.188. The molecular weight excluding hydrogens is 399 g/mol. The van der Waals surface area contributed by atoms with E-state index in [1.807, 2.05) is 0 Å². The van der Waals surface area contributed by atoms with Gasteiger partial charge in [0.05, 0.1) is 11.4 Å². The van der Waals surface area contributed by atoms with E-state index in [4.69, 9.17) is 0 Å². The number of likely N-dealkylation sites (N-methyl/N-ethyl adjacent to an activating group) is 1. The number of sulfonamides is 1. The second-order valence-electron chi connectivity index (χ2n) is 4.94. The molecule has 0 fully saturated rings. The number of anilines is 1. The summed E-state index contributed by atoms with van der Waals surface area (Å²) in [4.78, 5) is 12.2. The topological polar surface area (TPSA) is 66.5 Å². The monoisotopic (exact) mass is 414 g/mol. The molecule has 2 aromatic rings. The lowest BCUT2D eigenvalue weighted by Crippen LogP contribution is -2.37. The molecule has 0 aromatic heterocycles. The lowest BCUT2D eigenvalue weighted by Gasteiger charge is -2.20. The van der Waals surface area contributed by atoms with Crippen LogP contribution in [0.4, 0.5) is 10.1 Å². The molecule has 24 heavy (non-hydrogen) atoms. The van der Waals surface area contributed by atoms with Crippen LogP contribution in [0, 0.1) is 5.82 Å². The summed E-state index contributed by atoms with van der Waals surface area (Å²) in [5.74, 6) is -1.02. The van der Waals surface area contributed by atoms with E-state index in [2.05, 4.69) is 21.2 Å². The molecule has 2 aromatic carbocycles. The number of carbonyl (C=O) groups excluding carboxylic acids is 1. The van der Waals surface area contributed by atoms with Crippen LogP contribution >= 0.6 is 15.9 Å². The van der Waals surface area contributed by atoms with Crippen molar-refractivity contribution in [2.45, 2.75) is 11.8 Å². The SMILES string of the molecule is CCN(CC(=O)Nc1cccc(F)c1)S(=O)(=O)c1ccc(Br)cc1. The molecule has 0 heterocycles. The predicted molar refractivity (Wildman–Crippen MR) is 93.6 cm³/mol. The molecule has 2 rings (SSSR count). The van der Waals surface area contributed by atoms with Crippen LogP contribution in [0.25, 0.3) is 0 Å². The average Bonchev–Trinajstić information content (AvgIpc) is 2.53. The van der Waals surface area contributed by atoms with Crippen molar-refractivity contribution in [2.75, 3.05) is 18.4 Å². The average molecular weight is 415 g/mol. The molecule has 1 N–H and O–H groups in total. The quantitative estimate of drug-likeness (QED) is 0.788. The summed E-state index contributed by atoms with van der Waals surface area (Å²) in [6.07, 6.45) is 0. The van der Waals surface area contributed by atoms with E-state index in [0.29, 0.717) is 0 Å². The molecule has 0 radical (unpaired) electrons. The number of nitrogens with zero attached hydrogens (tertiary/aromatic N) is 1. The second-order valence-corrected chi connectivity index (χ2v) is 7.80. The Hall–Kier alpha value is -1.77. The van der Waals surface area contributed by atoms with Crippen LogP contribution < -0.4 is 5.32 Å². The van der Waals surface area contributed by atoms with Gasteiger partial charge in [0, 0.05) is 16.7 Å². The predicted octanol–water partition coefficient (Wildman–Crippen LogP) is 3.24. The normalized spacial score (nSPS) is 11.5. The fourth-order valence-electron chi connectivity index (χ4n) is 2.05. The van der Waals surface area contributed by atoms with E-state index in [0.717, 1.165) is 14.8 Å². The van der Waals surface area contributed by atoms with E-state index in [1.165, 1.54) is 30.3 Å². The van der Waals surface area contributed by atoms with Gasteiger partial charge in [-0.25, -0.2) is 12.8 Å². The minimum Gasteiger partial charge on any atom is -0.325 e. The zero-order chi connectivity index (χ0) is 17.7. The van der Waals surface area contributed by atoms with Gasteiger partial charge in [-0.1, -0.05) is 28.9 Å². The van der Waals surface area contributed by atoms with Crippen molar-refractivity contribution < 1.29 is 17.6 Å². The Morgan fingerprint density at radius 3 is 2.46 bits per heavy atom. The minimum atomic E-state index is -3.79. The highest BCUT2D eigenvalue weighted by molar-refractivity contribution is 9.10. The van der Waals surface area contributed by atoms with Crippen LogP contribution in [0.1, 0.15) is 6.92 Å². The fourth-order valence-corrected chi connectivity index (χ4v) is 3.72. The van der Waals surface area contributed by atoms with Crippen molar-refractivity contribution in [2.24, 2.45) is 0 Å². The lowest BCUT2D eigenvalue weighted by atomic mass is 10.3. The van der Waals surface area contributed by atoms with Gasteiger partial charge in [0.1, 0.15) is 5.82 Å². The minimum absolute atomic E-state index is 0.103. The van der Waals surface area contributed by atoms with Gasteiger partial charge in [-0.2, -0.15) is 4.31 Å². The maximum atomic E-state index is 13.1. The number of carbonyl (C=O) groups is 1. The number of benzene rings is 2. The van der Waals surface area contributed by atoms with E-state index in [-0.39, 0.29) is 23.7 Å². The summed E-state index contributed by atoms with van der Waals surface area (Å²) in [5, 5.41) is 2.49. The molecule has 0 spiro atoms. The van der Waals surface area contributed by atoms with Gasteiger partial charge >= 0.3 is 0 Å². The molecular formula is C16H16BrFN2O3S. The summed E-state index contributed by atoms with van der Waals surface area (Å²) >= 11 is 3.25. The highest BCUT2D eigenvalue weighted by Gasteiger charge is 2.25. The molecule has 5 nitrogen and oxygen atoms in total. The van der Waals surface area contributed by atoms with Crippen LogP contribution in [-0.2, 0) is 14.8 Å². The molecule has 0 aliphatic rings. The van der Waals surface area contributed by atoms with E-state index in [9.17, 15) is 17.6 Å². The van der Waals surface area contributed by atoms with Crippen molar-refractivity contribution in [3.63, 3.8) is 0 Å². The zero-order valence-electron chi connectivity index (χ0n) is 12.9. The molecule has 0 aliphatic heterocycles.